The number of carbonyl (C=O) groups excluding carboxylic acids is 1. The van der Waals surface area contributed by atoms with Crippen molar-refractivity contribution in [2.75, 3.05) is 6.54 Å². The number of amides is 1. The van der Waals surface area contributed by atoms with Gasteiger partial charge in [0, 0.05) is 18.1 Å². The molecule has 1 aliphatic carbocycles. The number of nitrogens with zero attached hydrogens (tertiary/aromatic N) is 2. The molecule has 0 radical (unpaired) electrons. The van der Waals surface area contributed by atoms with Gasteiger partial charge in [-0.1, -0.05) is 42.0 Å². The number of benzene rings is 1. The fourth-order valence-electron chi connectivity index (χ4n) is 3.85. The van der Waals surface area contributed by atoms with Crippen LogP contribution in [0.2, 0.25) is 0 Å². The van der Waals surface area contributed by atoms with E-state index in [1.54, 1.807) is 16.8 Å². The lowest BCUT2D eigenvalue weighted by Gasteiger charge is -2.14. The highest BCUT2D eigenvalue weighted by Crippen LogP contribution is 2.19. The molecule has 0 spiro atoms. The predicted octanol–water partition coefficient (Wildman–Crippen LogP) is 4.07. The van der Waals surface area contributed by atoms with Gasteiger partial charge in [0.15, 0.2) is 0 Å². The van der Waals surface area contributed by atoms with Crippen molar-refractivity contribution in [2.45, 2.75) is 38.6 Å². The fraction of sp³-hybridized carbons (Fsp3) is 0.292. The van der Waals surface area contributed by atoms with Crippen molar-refractivity contribution in [1.29, 1.82) is 0 Å². The first-order valence-corrected chi connectivity index (χ1v) is 10.2. The Morgan fingerprint density at radius 3 is 2.76 bits per heavy atom. The summed E-state index contributed by atoms with van der Waals surface area (Å²) in [5.41, 5.74) is 2.84. The third-order valence-corrected chi connectivity index (χ3v) is 5.39. The molecule has 4 rings (SSSR count). The molecule has 0 atom stereocenters. The summed E-state index contributed by atoms with van der Waals surface area (Å²) in [7, 11) is 0. The van der Waals surface area contributed by atoms with E-state index < -0.39 is 0 Å². The maximum atomic E-state index is 13.1. The third kappa shape index (κ3) is 4.45. The molecule has 0 bridgehead atoms. The van der Waals surface area contributed by atoms with E-state index in [1.807, 2.05) is 42.5 Å². The van der Waals surface area contributed by atoms with Gasteiger partial charge in [0.25, 0.3) is 11.5 Å². The monoisotopic (exact) mass is 387 g/mol. The molecule has 2 aromatic heterocycles. The second kappa shape index (κ2) is 8.86. The molecule has 0 saturated heterocycles. The average molecular weight is 387 g/mol. The molecular formula is C24H25N3O2. The number of pyridine rings is 2. The molecule has 0 unspecified atom stereocenters. The SMILES string of the molecule is O=C(NCCC1=CCCCC1)c1cc2cccnc2n(Cc2ccccc2)c1=O. The van der Waals surface area contributed by atoms with Gasteiger partial charge in [-0.2, -0.15) is 0 Å². The molecule has 5 nitrogen and oxygen atoms in total. The molecule has 1 N–H and O–H groups in total. The zero-order valence-electron chi connectivity index (χ0n) is 16.4. The molecule has 1 aromatic carbocycles. The van der Waals surface area contributed by atoms with Crippen LogP contribution in [0.1, 0.15) is 48.0 Å². The first-order valence-electron chi connectivity index (χ1n) is 10.2. The summed E-state index contributed by atoms with van der Waals surface area (Å²) in [6.07, 6.45) is 9.51. The first kappa shape index (κ1) is 19.1. The normalized spacial score (nSPS) is 13.9. The van der Waals surface area contributed by atoms with Gasteiger partial charge in [-0.3, -0.25) is 14.2 Å². The number of hydrogen-bond acceptors (Lipinski definition) is 3. The second-order valence-corrected chi connectivity index (χ2v) is 7.47. The number of fused-ring (bicyclic) bond motifs is 1. The van der Waals surface area contributed by atoms with Crippen LogP contribution >= 0.6 is 0 Å². The van der Waals surface area contributed by atoms with Crippen LogP contribution in [0.15, 0.2) is 71.2 Å². The highest BCUT2D eigenvalue weighted by atomic mass is 16.2. The van der Waals surface area contributed by atoms with Gasteiger partial charge in [0.1, 0.15) is 11.2 Å². The molecule has 2 heterocycles. The standard InChI is InChI=1S/C24H25N3O2/c28-23(26-15-13-18-8-3-1-4-9-18)21-16-20-12-7-14-25-22(20)27(24(21)29)17-19-10-5-2-6-11-19/h2,5-8,10-12,14,16H,1,3-4,9,13,15,17H2,(H,26,28). The van der Waals surface area contributed by atoms with Crippen molar-refractivity contribution < 1.29 is 4.79 Å². The molecule has 29 heavy (non-hydrogen) atoms. The summed E-state index contributed by atoms with van der Waals surface area (Å²) in [4.78, 5) is 30.3. The largest absolute Gasteiger partial charge is 0.352 e. The molecule has 1 amide bonds. The highest BCUT2D eigenvalue weighted by molar-refractivity contribution is 5.96. The minimum absolute atomic E-state index is 0.166. The Balaban J connectivity index is 1.60. The van der Waals surface area contributed by atoms with Crippen LogP contribution in [0.4, 0.5) is 0 Å². The Bertz CT molecular complexity index is 1100. The van der Waals surface area contributed by atoms with Crippen LogP contribution in [-0.4, -0.2) is 22.0 Å². The Morgan fingerprint density at radius 1 is 1.10 bits per heavy atom. The van der Waals surface area contributed by atoms with E-state index in [4.69, 9.17) is 0 Å². The third-order valence-electron chi connectivity index (χ3n) is 5.39. The molecule has 0 saturated carbocycles. The topological polar surface area (TPSA) is 64.0 Å². The zero-order chi connectivity index (χ0) is 20.1. The smallest absolute Gasteiger partial charge is 0.265 e. The Kier molecular flexibility index (Phi) is 5.84. The predicted molar refractivity (Wildman–Crippen MR) is 115 cm³/mol. The maximum Gasteiger partial charge on any atom is 0.265 e. The Morgan fingerprint density at radius 2 is 1.97 bits per heavy atom. The Hall–Kier alpha value is -3.21. The van der Waals surface area contributed by atoms with Crippen molar-refractivity contribution in [3.05, 3.63) is 87.9 Å². The van der Waals surface area contributed by atoms with E-state index in [-0.39, 0.29) is 17.0 Å². The molecule has 5 heteroatoms. The number of hydrogen-bond donors (Lipinski definition) is 1. The lowest BCUT2D eigenvalue weighted by Crippen LogP contribution is -2.34. The van der Waals surface area contributed by atoms with Crippen molar-refractivity contribution >= 4 is 16.9 Å². The number of carbonyl (C=O) groups is 1. The number of allylic oxidation sites excluding steroid dienone is 1. The Labute approximate surface area is 170 Å². The summed E-state index contributed by atoms with van der Waals surface area (Å²) < 4.78 is 1.59. The van der Waals surface area contributed by atoms with Gasteiger partial charge in [-0.15, -0.1) is 0 Å². The van der Waals surface area contributed by atoms with Crippen LogP contribution < -0.4 is 10.9 Å². The molecule has 1 aliphatic rings. The van der Waals surface area contributed by atoms with Gasteiger partial charge in [0.05, 0.1) is 6.54 Å². The van der Waals surface area contributed by atoms with Crippen LogP contribution in [0.5, 0.6) is 0 Å². The van der Waals surface area contributed by atoms with E-state index >= 15 is 0 Å². The van der Waals surface area contributed by atoms with Crippen molar-refractivity contribution in [1.82, 2.24) is 14.9 Å². The van der Waals surface area contributed by atoms with E-state index in [9.17, 15) is 9.59 Å². The van der Waals surface area contributed by atoms with Crippen molar-refractivity contribution in [2.24, 2.45) is 0 Å². The minimum Gasteiger partial charge on any atom is -0.352 e. The van der Waals surface area contributed by atoms with Crippen LogP contribution in [-0.2, 0) is 6.54 Å². The average Bonchev–Trinajstić information content (AvgIpc) is 2.77. The summed E-state index contributed by atoms with van der Waals surface area (Å²) >= 11 is 0. The number of nitrogens with one attached hydrogen (secondary N) is 1. The van der Waals surface area contributed by atoms with Gasteiger partial charge < -0.3 is 5.32 Å². The van der Waals surface area contributed by atoms with Crippen LogP contribution in [0, 0.1) is 0 Å². The second-order valence-electron chi connectivity index (χ2n) is 7.47. The molecule has 3 aromatic rings. The number of aromatic nitrogens is 2. The number of rotatable bonds is 6. The van der Waals surface area contributed by atoms with Crippen molar-refractivity contribution in [3.8, 4) is 0 Å². The summed E-state index contributed by atoms with van der Waals surface area (Å²) in [6.45, 7) is 0.926. The molecule has 0 aliphatic heterocycles. The van der Waals surface area contributed by atoms with E-state index in [2.05, 4.69) is 16.4 Å². The maximum absolute atomic E-state index is 13.1. The zero-order valence-corrected chi connectivity index (χ0v) is 16.4. The minimum atomic E-state index is -0.320. The quantitative estimate of drug-likeness (QED) is 0.649. The first-order chi connectivity index (χ1) is 14.2. The molecule has 0 fully saturated rings. The summed E-state index contributed by atoms with van der Waals surface area (Å²) in [5, 5.41) is 3.71. The van der Waals surface area contributed by atoms with E-state index in [0.29, 0.717) is 18.7 Å². The fourth-order valence-corrected chi connectivity index (χ4v) is 3.85. The molecular weight excluding hydrogens is 362 g/mol. The van der Waals surface area contributed by atoms with E-state index in [1.165, 1.54) is 18.4 Å². The lowest BCUT2D eigenvalue weighted by atomic mass is 9.97. The lowest BCUT2D eigenvalue weighted by molar-refractivity contribution is 0.0952. The van der Waals surface area contributed by atoms with E-state index in [0.717, 1.165) is 30.2 Å². The van der Waals surface area contributed by atoms with Crippen molar-refractivity contribution in [3.63, 3.8) is 0 Å². The molecule has 148 valence electrons. The van der Waals surface area contributed by atoms with Gasteiger partial charge in [-0.25, -0.2) is 4.98 Å². The van der Waals surface area contributed by atoms with Crippen LogP contribution in [0.25, 0.3) is 11.0 Å². The summed E-state index contributed by atoms with van der Waals surface area (Å²) in [5.74, 6) is -0.320. The van der Waals surface area contributed by atoms with Crippen LogP contribution in [0.3, 0.4) is 0 Å². The van der Waals surface area contributed by atoms with Gasteiger partial charge in [-0.05, 0) is 55.9 Å². The van der Waals surface area contributed by atoms with Gasteiger partial charge >= 0.3 is 0 Å². The summed E-state index contributed by atoms with van der Waals surface area (Å²) in [6, 6.07) is 15.1. The van der Waals surface area contributed by atoms with Gasteiger partial charge in [0.2, 0.25) is 0 Å². The highest BCUT2D eigenvalue weighted by Gasteiger charge is 2.16.